The molecule has 0 amide bonds. The van der Waals surface area contributed by atoms with Crippen molar-refractivity contribution in [3.63, 3.8) is 0 Å². The quantitative estimate of drug-likeness (QED) is 0.380. The molecular weight excluding hydrogens is 432 g/mol. The number of aryl methyl sites for hydroxylation is 3. The number of benzene rings is 2. The summed E-state index contributed by atoms with van der Waals surface area (Å²) in [4.78, 5) is 24.0. The first-order valence-corrected chi connectivity index (χ1v) is 11.6. The van der Waals surface area contributed by atoms with Gasteiger partial charge in [-0.2, -0.15) is 0 Å². The number of aromatic nitrogens is 6. The van der Waals surface area contributed by atoms with Gasteiger partial charge in [0.05, 0.1) is 16.6 Å². The van der Waals surface area contributed by atoms with Crippen molar-refractivity contribution in [2.45, 2.75) is 25.4 Å². The molecule has 5 rings (SSSR count). The second-order valence-electron chi connectivity index (χ2n) is 7.77. The van der Waals surface area contributed by atoms with E-state index < -0.39 is 0 Å². The summed E-state index contributed by atoms with van der Waals surface area (Å²) in [6, 6.07) is 17.6. The fraction of sp³-hybridized carbons (Fsp3) is 0.160. The van der Waals surface area contributed by atoms with Crippen LogP contribution in [0.15, 0.2) is 76.9 Å². The third kappa shape index (κ3) is 4.29. The highest BCUT2D eigenvalue weighted by molar-refractivity contribution is 7.99. The molecule has 3 heterocycles. The zero-order valence-corrected chi connectivity index (χ0v) is 19.1. The van der Waals surface area contributed by atoms with E-state index in [2.05, 4.69) is 61.8 Å². The second kappa shape index (κ2) is 8.99. The molecule has 0 aliphatic rings. The van der Waals surface area contributed by atoms with Gasteiger partial charge in [-0.25, -0.2) is 4.98 Å². The van der Waals surface area contributed by atoms with Gasteiger partial charge in [-0.05, 0) is 61.4 Å². The Labute approximate surface area is 195 Å². The molecule has 0 aliphatic heterocycles. The summed E-state index contributed by atoms with van der Waals surface area (Å²) in [5.74, 6) is 2.12. The average Bonchev–Trinajstić information content (AvgIpc) is 3.25. The van der Waals surface area contributed by atoms with Gasteiger partial charge in [-0.1, -0.05) is 30.0 Å². The normalized spacial score (nSPS) is 11.2. The number of rotatable bonds is 6. The van der Waals surface area contributed by atoms with Crippen LogP contribution in [0.4, 0.5) is 0 Å². The minimum Gasteiger partial charge on any atom is -0.310 e. The first kappa shape index (κ1) is 21.1. The zero-order valence-electron chi connectivity index (χ0n) is 18.3. The van der Waals surface area contributed by atoms with Crippen molar-refractivity contribution >= 4 is 22.7 Å². The maximum absolute atomic E-state index is 12.4. The van der Waals surface area contributed by atoms with Gasteiger partial charge in [-0.3, -0.25) is 14.3 Å². The molecule has 0 bridgehead atoms. The van der Waals surface area contributed by atoms with Crippen LogP contribution >= 0.6 is 11.8 Å². The minimum atomic E-state index is -0.112. The Morgan fingerprint density at radius 1 is 0.970 bits per heavy atom. The zero-order chi connectivity index (χ0) is 22.8. The van der Waals surface area contributed by atoms with E-state index >= 15 is 0 Å². The van der Waals surface area contributed by atoms with E-state index in [9.17, 15) is 4.79 Å². The molecule has 0 spiro atoms. The van der Waals surface area contributed by atoms with Crippen LogP contribution < -0.4 is 5.56 Å². The largest absolute Gasteiger partial charge is 0.310 e. The van der Waals surface area contributed by atoms with Gasteiger partial charge >= 0.3 is 0 Å². The van der Waals surface area contributed by atoms with Gasteiger partial charge in [0, 0.05) is 30.1 Å². The number of H-pyrrole nitrogens is 1. The van der Waals surface area contributed by atoms with Gasteiger partial charge in [0.15, 0.2) is 11.0 Å². The van der Waals surface area contributed by atoms with Crippen molar-refractivity contribution in [1.82, 2.24) is 29.7 Å². The van der Waals surface area contributed by atoms with E-state index in [1.54, 1.807) is 30.2 Å². The predicted molar refractivity (Wildman–Crippen MR) is 131 cm³/mol. The SMILES string of the molecule is Cc1ccc(-n2c(SCCc3nc4ccccc4c(=O)[nH]3)nnc2-c2ccncc2)cc1C. The smallest absolute Gasteiger partial charge is 0.258 e. The summed E-state index contributed by atoms with van der Waals surface area (Å²) in [5, 5.41) is 10.4. The summed E-state index contributed by atoms with van der Waals surface area (Å²) in [7, 11) is 0. The van der Waals surface area contributed by atoms with Crippen LogP contribution in [0, 0.1) is 13.8 Å². The van der Waals surface area contributed by atoms with Gasteiger partial charge in [0.25, 0.3) is 5.56 Å². The first-order chi connectivity index (χ1) is 16.1. The highest BCUT2D eigenvalue weighted by Gasteiger charge is 2.17. The molecule has 5 aromatic rings. The lowest BCUT2D eigenvalue weighted by Crippen LogP contribution is -2.12. The molecule has 7 nitrogen and oxygen atoms in total. The molecule has 8 heteroatoms. The lowest BCUT2D eigenvalue weighted by Gasteiger charge is -2.12. The summed E-state index contributed by atoms with van der Waals surface area (Å²) >= 11 is 1.59. The number of nitrogens with one attached hydrogen (secondary N) is 1. The van der Waals surface area contributed by atoms with Gasteiger partial charge in [0.2, 0.25) is 0 Å². The fourth-order valence-corrected chi connectivity index (χ4v) is 4.54. The molecule has 3 aromatic heterocycles. The van der Waals surface area contributed by atoms with Gasteiger partial charge in [-0.15, -0.1) is 10.2 Å². The van der Waals surface area contributed by atoms with E-state index in [0.29, 0.717) is 28.9 Å². The van der Waals surface area contributed by atoms with Crippen LogP contribution in [0.3, 0.4) is 0 Å². The molecule has 0 fully saturated rings. The molecular formula is C25H22N6OS. The fourth-order valence-electron chi connectivity index (χ4n) is 3.64. The topological polar surface area (TPSA) is 89.4 Å². The standard InChI is InChI=1S/C25H22N6OS/c1-16-7-8-19(15-17(16)2)31-23(18-9-12-26-13-10-18)29-30-25(31)33-14-11-22-27-21-6-4-3-5-20(21)24(32)28-22/h3-10,12-13,15H,11,14H2,1-2H3,(H,27,28,32). The van der Waals surface area contributed by atoms with Crippen LogP contribution in [-0.2, 0) is 6.42 Å². The number of aromatic amines is 1. The molecule has 0 radical (unpaired) electrons. The lowest BCUT2D eigenvalue weighted by molar-refractivity contribution is 0.879. The maximum atomic E-state index is 12.4. The van der Waals surface area contributed by atoms with E-state index in [-0.39, 0.29) is 5.56 Å². The van der Waals surface area contributed by atoms with Gasteiger partial charge < -0.3 is 4.98 Å². The lowest BCUT2D eigenvalue weighted by atomic mass is 10.1. The number of para-hydroxylation sites is 1. The monoisotopic (exact) mass is 454 g/mol. The molecule has 164 valence electrons. The van der Waals surface area contributed by atoms with Crippen LogP contribution in [-0.4, -0.2) is 35.5 Å². The van der Waals surface area contributed by atoms with Crippen molar-refractivity contribution in [2.24, 2.45) is 0 Å². The number of nitrogens with zero attached hydrogens (tertiary/aromatic N) is 5. The Kier molecular flexibility index (Phi) is 5.75. The Morgan fingerprint density at radius 3 is 2.61 bits per heavy atom. The Balaban J connectivity index is 1.45. The second-order valence-corrected chi connectivity index (χ2v) is 8.84. The number of pyridine rings is 1. The number of hydrogen-bond acceptors (Lipinski definition) is 6. The van der Waals surface area contributed by atoms with E-state index in [4.69, 9.17) is 0 Å². The summed E-state index contributed by atoms with van der Waals surface area (Å²) in [6.45, 7) is 4.20. The highest BCUT2D eigenvalue weighted by atomic mass is 32.2. The third-order valence-electron chi connectivity index (χ3n) is 5.55. The molecule has 0 saturated heterocycles. The average molecular weight is 455 g/mol. The number of hydrogen-bond donors (Lipinski definition) is 1. The van der Waals surface area contributed by atoms with Crippen molar-refractivity contribution < 1.29 is 0 Å². The number of thioether (sulfide) groups is 1. The first-order valence-electron chi connectivity index (χ1n) is 10.6. The molecule has 0 aliphatic carbocycles. The highest BCUT2D eigenvalue weighted by Crippen LogP contribution is 2.29. The van der Waals surface area contributed by atoms with Crippen LogP contribution in [0.5, 0.6) is 0 Å². The Morgan fingerprint density at radius 2 is 1.79 bits per heavy atom. The van der Waals surface area contributed by atoms with E-state index in [1.165, 1.54) is 11.1 Å². The van der Waals surface area contributed by atoms with Crippen LogP contribution in [0.2, 0.25) is 0 Å². The summed E-state index contributed by atoms with van der Waals surface area (Å²) < 4.78 is 2.07. The summed E-state index contributed by atoms with van der Waals surface area (Å²) in [6.07, 6.45) is 4.11. The van der Waals surface area contributed by atoms with E-state index in [1.807, 2.05) is 30.3 Å². The van der Waals surface area contributed by atoms with Crippen molar-refractivity contribution in [3.05, 3.63) is 94.3 Å². The Hall–Kier alpha value is -3.78. The van der Waals surface area contributed by atoms with Crippen LogP contribution in [0.25, 0.3) is 28.0 Å². The minimum absolute atomic E-state index is 0.112. The molecule has 2 aromatic carbocycles. The van der Waals surface area contributed by atoms with E-state index in [0.717, 1.165) is 22.2 Å². The molecule has 0 atom stereocenters. The molecule has 0 saturated carbocycles. The van der Waals surface area contributed by atoms with Crippen molar-refractivity contribution in [2.75, 3.05) is 5.75 Å². The van der Waals surface area contributed by atoms with Crippen LogP contribution in [0.1, 0.15) is 17.0 Å². The summed E-state index contributed by atoms with van der Waals surface area (Å²) in [5.41, 5.74) is 4.99. The maximum Gasteiger partial charge on any atom is 0.258 e. The molecule has 1 N–H and O–H groups in total. The number of fused-ring (bicyclic) bond motifs is 1. The van der Waals surface area contributed by atoms with Gasteiger partial charge in [0.1, 0.15) is 5.82 Å². The Bertz CT molecular complexity index is 1490. The van der Waals surface area contributed by atoms with Crippen molar-refractivity contribution in [3.8, 4) is 17.1 Å². The third-order valence-corrected chi connectivity index (χ3v) is 6.48. The molecule has 0 unspecified atom stereocenters. The van der Waals surface area contributed by atoms with Crippen molar-refractivity contribution in [1.29, 1.82) is 0 Å². The molecule has 33 heavy (non-hydrogen) atoms. The predicted octanol–water partition coefficient (Wildman–Crippen LogP) is 4.52.